The second-order valence-corrected chi connectivity index (χ2v) is 6.99. The summed E-state index contributed by atoms with van der Waals surface area (Å²) in [5.74, 6) is 1.68. The first-order valence-electron chi connectivity index (χ1n) is 9.56. The first kappa shape index (κ1) is 17.6. The van der Waals surface area contributed by atoms with E-state index in [1.54, 1.807) is 12.1 Å². The van der Waals surface area contributed by atoms with Crippen molar-refractivity contribution in [3.63, 3.8) is 0 Å². The van der Waals surface area contributed by atoms with E-state index in [0.717, 1.165) is 33.0 Å². The van der Waals surface area contributed by atoms with Gasteiger partial charge in [0.1, 0.15) is 36.2 Å². The van der Waals surface area contributed by atoms with Crippen LogP contribution in [0.1, 0.15) is 0 Å². The van der Waals surface area contributed by atoms with Crippen LogP contribution in [0.4, 0.5) is 0 Å². The topological polar surface area (TPSA) is 68.2 Å². The summed E-state index contributed by atoms with van der Waals surface area (Å²) in [7, 11) is 0. The summed E-state index contributed by atoms with van der Waals surface area (Å²) in [4.78, 5) is 0. The molecule has 0 saturated carbocycles. The Balaban J connectivity index is 1.81. The van der Waals surface area contributed by atoms with E-state index < -0.39 is 0 Å². The summed E-state index contributed by atoms with van der Waals surface area (Å²) >= 11 is 0. The lowest BCUT2D eigenvalue weighted by atomic mass is 9.92. The Kier molecular flexibility index (Phi) is 4.37. The van der Waals surface area contributed by atoms with Gasteiger partial charge in [0.2, 0.25) is 0 Å². The highest BCUT2D eigenvalue weighted by atomic mass is 16.5. The highest BCUT2D eigenvalue weighted by molar-refractivity contribution is 6.10. The summed E-state index contributed by atoms with van der Waals surface area (Å²) in [5, 5.41) is 24.9. The van der Waals surface area contributed by atoms with Crippen molar-refractivity contribution in [3.05, 3.63) is 60.7 Å². The van der Waals surface area contributed by atoms with Crippen molar-refractivity contribution in [2.75, 3.05) is 26.4 Å². The molecule has 4 aromatic rings. The molecule has 0 aliphatic carbocycles. The zero-order chi connectivity index (χ0) is 19.8. The predicted molar refractivity (Wildman–Crippen MR) is 112 cm³/mol. The number of phenolic OH excluding ortho intramolecular Hbond substituents is 2. The van der Waals surface area contributed by atoms with Gasteiger partial charge in [-0.1, -0.05) is 12.1 Å². The Hall–Kier alpha value is -3.44. The van der Waals surface area contributed by atoms with Crippen LogP contribution in [0.15, 0.2) is 60.7 Å². The number of hydrogen-bond acceptors (Lipinski definition) is 5. The number of benzene rings is 4. The maximum absolute atomic E-state index is 10.7. The maximum Gasteiger partial charge on any atom is 0.124 e. The third-order valence-corrected chi connectivity index (χ3v) is 5.18. The molecule has 8 rings (SSSR count). The Morgan fingerprint density at radius 2 is 1.03 bits per heavy atom. The van der Waals surface area contributed by atoms with E-state index >= 15 is 0 Å². The first-order chi connectivity index (χ1) is 14.2. The van der Waals surface area contributed by atoms with Gasteiger partial charge < -0.3 is 24.4 Å². The van der Waals surface area contributed by atoms with Gasteiger partial charge in [0.15, 0.2) is 0 Å². The number of ether oxygens (including phenoxy) is 3. The Bertz CT molecular complexity index is 1120. The third kappa shape index (κ3) is 3.19. The average molecular weight is 388 g/mol. The molecule has 8 bridgehead atoms. The van der Waals surface area contributed by atoms with Gasteiger partial charge in [0.25, 0.3) is 0 Å². The number of hydrogen-bond donors (Lipinski definition) is 2. The SMILES string of the molecule is Oc1ccc2cc3ccc2c1-c1c(O)ccc2cc(ccc12)OCCOCCO3. The minimum atomic E-state index is 0.112. The van der Waals surface area contributed by atoms with Gasteiger partial charge in [-0.3, -0.25) is 0 Å². The molecule has 0 spiro atoms. The quantitative estimate of drug-likeness (QED) is 0.450. The molecule has 0 atom stereocenters. The molecule has 0 radical (unpaired) electrons. The molecular weight excluding hydrogens is 368 g/mol. The van der Waals surface area contributed by atoms with Gasteiger partial charge in [0.05, 0.1) is 13.2 Å². The van der Waals surface area contributed by atoms with E-state index in [4.69, 9.17) is 14.2 Å². The lowest BCUT2D eigenvalue weighted by Crippen LogP contribution is -2.12. The van der Waals surface area contributed by atoms with E-state index in [0.29, 0.717) is 37.6 Å². The smallest absolute Gasteiger partial charge is 0.124 e. The molecule has 2 N–H and O–H groups in total. The van der Waals surface area contributed by atoms with Crippen molar-refractivity contribution < 1.29 is 24.4 Å². The normalized spacial score (nSPS) is 14.3. The van der Waals surface area contributed by atoms with E-state index in [1.165, 1.54) is 0 Å². The monoisotopic (exact) mass is 388 g/mol. The van der Waals surface area contributed by atoms with Gasteiger partial charge >= 0.3 is 0 Å². The average Bonchev–Trinajstić information content (AvgIpc) is 2.73. The molecule has 0 fully saturated rings. The van der Waals surface area contributed by atoms with Crippen LogP contribution in [0, 0.1) is 0 Å². The predicted octanol–water partition coefficient (Wildman–Crippen LogP) is 4.86. The Morgan fingerprint density at radius 3 is 1.52 bits per heavy atom. The summed E-state index contributed by atoms with van der Waals surface area (Å²) in [6.07, 6.45) is 0. The maximum atomic E-state index is 10.7. The second-order valence-electron chi connectivity index (χ2n) is 6.99. The van der Waals surface area contributed by atoms with Crippen molar-refractivity contribution >= 4 is 21.5 Å². The van der Waals surface area contributed by atoms with Crippen LogP contribution in [-0.4, -0.2) is 36.6 Å². The van der Waals surface area contributed by atoms with Gasteiger partial charge in [0, 0.05) is 11.1 Å². The standard InChI is InChI=1S/C24H20O5/c25-21-7-1-15-13-17-3-5-19(15)23(21)24-20-6-4-18(14-16(20)2-8-22(24)26)29-12-10-27-9-11-28-17/h1-8,13-14,25-26H,9-12H2. The number of phenols is 2. The summed E-state index contributed by atoms with van der Waals surface area (Å²) in [5.41, 5.74) is 1.19. The van der Waals surface area contributed by atoms with E-state index in [1.807, 2.05) is 48.5 Å². The van der Waals surface area contributed by atoms with Crippen molar-refractivity contribution in [3.8, 4) is 34.1 Å². The number of aromatic hydroxyl groups is 2. The molecule has 4 heterocycles. The molecule has 0 amide bonds. The van der Waals surface area contributed by atoms with Crippen molar-refractivity contribution in [1.82, 2.24) is 0 Å². The lowest BCUT2D eigenvalue weighted by Gasteiger charge is -2.15. The molecule has 4 aliphatic heterocycles. The molecule has 29 heavy (non-hydrogen) atoms. The van der Waals surface area contributed by atoms with Crippen molar-refractivity contribution in [2.24, 2.45) is 0 Å². The Morgan fingerprint density at radius 1 is 0.552 bits per heavy atom. The van der Waals surface area contributed by atoms with Crippen molar-refractivity contribution in [1.29, 1.82) is 0 Å². The fourth-order valence-corrected chi connectivity index (χ4v) is 3.84. The first-order valence-corrected chi connectivity index (χ1v) is 9.56. The van der Waals surface area contributed by atoms with Crippen molar-refractivity contribution in [2.45, 2.75) is 0 Å². The third-order valence-electron chi connectivity index (χ3n) is 5.18. The molecule has 4 aromatic carbocycles. The van der Waals surface area contributed by atoms with E-state index in [2.05, 4.69) is 0 Å². The molecule has 5 heteroatoms. The van der Waals surface area contributed by atoms with Crippen LogP contribution in [0.5, 0.6) is 23.0 Å². The molecule has 4 aliphatic rings. The Labute approximate surface area is 167 Å². The molecule has 0 unspecified atom stereocenters. The van der Waals surface area contributed by atoms with Crippen LogP contribution in [-0.2, 0) is 4.74 Å². The highest BCUT2D eigenvalue weighted by Crippen LogP contribution is 2.45. The molecule has 0 aromatic heterocycles. The molecule has 146 valence electrons. The van der Waals surface area contributed by atoms with Crippen LogP contribution in [0.2, 0.25) is 0 Å². The molecular formula is C24H20O5. The van der Waals surface area contributed by atoms with E-state index in [9.17, 15) is 10.2 Å². The highest BCUT2D eigenvalue weighted by Gasteiger charge is 2.17. The molecule has 0 saturated heterocycles. The lowest BCUT2D eigenvalue weighted by molar-refractivity contribution is 0.0765. The second kappa shape index (κ2) is 7.18. The van der Waals surface area contributed by atoms with Gasteiger partial charge in [-0.15, -0.1) is 0 Å². The fourth-order valence-electron chi connectivity index (χ4n) is 3.84. The summed E-state index contributed by atoms with van der Waals surface area (Å²) in [6.45, 7) is 1.81. The largest absolute Gasteiger partial charge is 0.507 e. The van der Waals surface area contributed by atoms with Crippen LogP contribution >= 0.6 is 0 Å². The minimum Gasteiger partial charge on any atom is -0.507 e. The fraction of sp³-hybridized carbons (Fsp3) is 0.167. The van der Waals surface area contributed by atoms with E-state index in [-0.39, 0.29) is 11.5 Å². The summed E-state index contributed by atoms with van der Waals surface area (Å²) in [6, 6.07) is 18.4. The van der Waals surface area contributed by atoms with Crippen LogP contribution in [0.3, 0.4) is 0 Å². The van der Waals surface area contributed by atoms with Crippen LogP contribution < -0.4 is 9.47 Å². The number of rotatable bonds is 0. The summed E-state index contributed by atoms with van der Waals surface area (Å²) < 4.78 is 17.1. The van der Waals surface area contributed by atoms with Gasteiger partial charge in [-0.25, -0.2) is 0 Å². The van der Waals surface area contributed by atoms with Gasteiger partial charge in [-0.05, 0) is 70.1 Å². The zero-order valence-corrected chi connectivity index (χ0v) is 15.7. The van der Waals surface area contributed by atoms with Crippen LogP contribution in [0.25, 0.3) is 32.7 Å². The zero-order valence-electron chi connectivity index (χ0n) is 15.7. The minimum absolute atomic E-state index is 0.112. The van der Waals surface area contributed by atoms with Gasteiger partial charge in [-0.2, -0.15) is 0 Å². The molecule has 5 nitrogen and oxygen atoms in total.